The molecule has 0 amide bonds. The highest BCUT2D eigenvalue weighted by molar-refractivity contribution is 5.19. The van der Waals surface area contributed by atoms with Gasteiger partial charge in [0, 0.05) is 12.6 Å². The summed E-state index contributed by atoms with van der Waals surface area (Å²) in [5, 5.41) is 3.58. The standard InChI is InChI=1S/C17H29N/c1-4-5-6-8-13-17(14-18-15(2)3)16-11-9-7-10-12-16/h7,9-12,15,17-18H,4-6,8,13-14H2,1-3H3. The zero-order chi connectivity index (χ0) is 13.2. The number of unbranched alkanes of at least 4 members (excludes halogenated alkanes) is 3. The fourth-order valence-corrected chi connectivity index (χ4v) is 2.31. The summed E-state index contributed by atoms with van der Waals surface area (Å²) in [6.45, 7) is 7.82. The fraction of sp³-hybridized carbons (Fsp3) is 0.647. The first-order valence-corrected chi connectivity index (χ1v) is 7.52. The molecule has 0 aliphatic rings. The second kappa shape index (κ2) is 9.16. The Bertz CT molecular complexity index is 292. The van der Waals surface area contributed by atoms with Crippen molar-refractivity contribution in [3.05, 3.63) is 35.9 Å². The van der Waals surface area contributed by atoms with Crippen LogP contribution in [0.3, 0.4) is 0 Å². The van der Waals surface area contributed by atoms with Gasteiger partial charge in [-0.05, 0) is 17.9 Å². The summed E-state index contributed by atoms with van der Waals surface area (Å²) in [6, 6.07) is 11.5. The van der Waals surface area contributed by atoms with Crippen LogP contribution in [0.25, 0.3) is 0 Å². The molecular formula is C17H29N. The maximum Gasteiger partial charge on any atom is 0.00225 e. The minimum Gasteiger partial charge on any atom is -0.314 e. The Kier molecular flexibility index (Phi) is 7.75. The second-order valence-electron chi connectivity index (χ2n) is 5.52. The molecule has 0 bridgehead atoms. The highest BCUT2D eigenvalue weighted by Gasteiger charge is 2.11. The molecule has 0 aliphatic heterocycles. The SMILES string of the molecule is CCCCCCC(CNC(C)C)c1ccccc1. The molecule has 0 saturated carbocycles. The molecule has 1 N–H and O–H groups in total. The molecule has 0 aliphatic carbocycles. The highest BCUT2D eigenvalue weighted by Crippen LogP contribution is 2.22. The molecule has 1 aromatic rings. The van der Waals surface area contributed by atoms with Gasteiger partial charge in [0.2, 0.25) is 0 Å². The van der Waals surface area contributed by atoms with Crippen LogP contribution in [0.4, 0.5) is 0 Å². The van der Waals surface area contributed by atoms with E-state index in [1.54, 1.807) is 0 Å². The molecule has 1 atom stereocenters. The molecular weight excluding hydrogens is 218 g/mol. The number of rotatable bonds is 9. The van der Waals surface area contributed by atoms with Crippen LogP contribution in [0, 0.1) is 0 Å². The van der Waals surface area contributed by atoms with Crippen molar-refractivity contribution in [3.8, 4) is 0 Å². The quantitative estimate of drug-likeness (QED) is 0.622. The molecule has 1 heteroatoms. The number of benzene rings is 1. The topological polar surface area (TPSA) is 12.0 Å². The molecule has 0 saturated heterocycles. The zero-order valence-electron chi connectivity index (χ0n) is 12.3. The summed E-state index contributed by atoms with van der Waals surface area (Å²) in [7, 11) is 0. The second-order valence-corrected chi connectivity index (χ2v) is 5.52. The molecule has 18 heavy (non-hydrogen) atoms. The summed E-state index contributed by atoms with van der Waals surface area (Å²) in [5.74, 6) is 0.672. The van der Waals surface area contributed by atoms with Gasteiger partial charge in [-0.25, -0.2) is 0 Å². The maximum atomic E-state index is 3.58. The van der Waals surface area contributed by atoms with Crippen LogP contribution in [-0.4, -0.2) is 12.6 Å². The summed E-state index contributed by atoms with van der Waals surface area (Å²) in [6.07, 6.45) is 6.73. The monoisotopic (exact) mass is 247 g/mol. The van der Waals surface area contributed by atoms with E-state index in [2.05, 4.69) is 56.4 Å². The van der Waals surface area contributed by atoms with Crippen LogP contribution < -0.4 is 5.32 Å². The van der Waals surface area contributed by atoms with Crippen molar-refractivity contribution >= 4 is 0 Å². The van der Waals surface area contributed by atoms with Gasteiger partial charge in [-0.2, -0.15) is 0 Å². The molecule has 1 unspecified atom stereocenters. The van der Waals surface area contributed by atoms with Gasteiger partial charge in [0.05, 0.1) is 0 Å². The fourth-order valence-electron chi connectivity index (χ4n) is 2.31. The molecule has 0 spiro atoms. The van der Waals surface area contributed by atoms with Gasteiger partial charge in [0.15, 0.2) is 0 Å². The van der Waals surface area contributed by atoms with Crippen molar-refractivity contribution < 1.29 is 0 Å². The third-order valence-corrected chi connectivity index (χ3v) is 3.45. The number of hydrogen-bond donors (Lipinski definition) is 1. The summed E-state index contributed by atoms with van der Waals surface area (Å²) < 4.78 is 0. The van der Waals surface area contributed by atoms with Crippen LogP contribution >= 0.6 is 0 Å². The van der Waals surface area contributed by atoms with Crippen molar-refractivity contribution in [3.63, 3.8) is 0 Å². The zero-order valence-corrected chi connectivity index (χ0v) is 12.3. The van der Waals surface area contributed by atoms with Gasteiger partial charge >= 0.3 is 0 Å². The van der Waals surface area contributed by atoms with Gasteiger partial charge in [-0.3, -0.25) is 0 Å². The van der Waals surface area contributed by atoms with Crippen LogP contribution in [0.1, 0.15) is 64.4 Å². The molecule has 1 aromatic carbocycles. The largest absolute Gasteiger partial charge is 0.314 e. The minimum atomic E-state index is 0.576. The van der Waals surface area contributed by atoms with E-state index in [9.17, 15) is 0 Å². The molecule has 102 valence electrons. The van der Waals surface area contributed by atoms with Crippen molar-refractivity contribution in [2.24, 2.45) is 0 Å². The smallest absolute Gasteiger partial charge is 0.00225 e. The van der Waals surface area contributed by atoms with E-state index < -0.39 is 0 Å². The predicted octanol–water partition coefficient (Wildman–Crippen LogP) is 4.74. The predicted molar refractivity (Wildman–Crippen MR) is 81.1 cm³/mol. The van der Waals surface area contributed by atoms with Gasteiger partial charge in [0.25, 0.3) is 0 Å². The lowest BCUT2D eigenvalue weighted by atomic mass is 9.92. The van der Waals surface area contributed by atoms with Crippen molar-refractivity contribution in [1.82, 2.24) is 5.32 Å². The van der Waals surface area contributed by atoms with E-state index in [4.69, 9.17) is 0 Å². The summed E-state index contributed by atoms with van der Waals surface area (Å²) in [4.78, 5) is 0. The Morgan fingerprint density at radius 2 is 1.72 bits per heavy atom. The van der Waals surface area contributed by atoms with E-state index >= 15 is 0 Å². The van der Waals surface area contributed by atoms with Crippen LogP contribution in [0.5, 0.6) is 0 Å². The van der Waals surface area contributed by atoms with Gasteiger partial charge in [0.1, 0.15) is 0 Å². The van der Waals surface area contributed by atoms with Crippen LogP contribution in [0.15, 0.2) is 30.3 Å². The first-order valence-electron chi connectivity index (χ1n) is 7.52. The van der Waals surface area contributed by atoms with E-state index in [-0.39, 0.29) is 0 Å². The van der Waals surface area contributed by atoms with Gasteiger partial charge < -0.3 is 5.32 Å². The van der Waals surface area contributed by atoms with Crippen molar-refractivity contribution in [1.29, 1.82) is 0 Å². The third kappa shape index (κ3) is 6.20. The van der Waals surface area contributed by atoms with Crippen LogP contribution in [-0.2, 0) is 0 Å². The molecule has 0 fully saturated rings. The number of nitrogens with one attached hydrogen (secondary N) is 1. The Labute approximate surface area is 113 Å². The van der Waals surface area contributed by atoms with Crippen LogP contribution in [0.2, 0.25) is 0 Å². The first kappa shape index (κ1) is 15.2. The normalized spacial score (nSPS) is 12.9. The molecule has 1 rings (SSSR count). The Balaban J connectivity index is 2.47. The maximum absolute atomic E-state index is 3.58. The van der Waals surface area contributed by atoms with E-state index in [0.29, 0.717) is 12.0 Å². The highest BCUT2D eigenvalue weighted by atomic mass is 14.9. The Morgan fingerprint density at radius 1 is 1.00 bits per heavy atom. The average molecular weight is 247 g/mol. The molecule has 0 heterocycles. The van der Waals surface area contributed by atoms with Gasteiger partial charge in [-0.15, -0.1) is 0 Å². The summed E-state index contributed by atoms with van der Waals surface area (Å²) in [5.41, 5.74) is 1.49. The molecule has 0 aromatic heterocycles. The average Bonchev–Trinajstić information content (AvgIpc) is 2.38. The molecule has 1 nitrogen and oxygen atoms in total. The molecule has 0 radical (unpaired) electrons. The van der Waals surface area contributed by atoms with E-state index in [0.717, 1.165) is 6.54 Å². The summed E-state index contributed by atoms with van der Waals surface area (Å²) >= 11 is 0. The lowest BCUT2D eigenvalue weighted by molar-refractivity contribution is 0.486. The first-order chi connectivity index (χ1) is 8.74. The Morgan fingerprint density at radius 3 is 2.33 bits per heavy atom. The van der Waals surface area contributed by atoms with Crippen molar-refractivity contribution in [2.45, 2.75) is 64.8 Å². The minimum absolute atomic E-state index is 0.576. The lowest BCUT2D eigenvalue weighted by Crippen LogP contribution is -2.28. The van der Waals surface area contributed by atoms with E-state index in [1.807, 2.05) is 0 Å². The number of hydrogen-bond acceptors (Lipinski definition) is 1. The third-order valence-electron chi connectivity index (χ3n) is 3.45. The van der Waals surface area contributed by atoms with Crippen molar-refractivity contribution in [2.75, 3.05) is 6.54 Å². The lowest BCUT2D eigenvalue weighted by Gasteiger charge is -2.19. The van der Waals surface area contributed by atoms with Gasteiger partial charge in [-0.1, -0.05) is 76.8 Å². The Hall–Kier alpha value is -0.820. The van der Waals surface area contributed by atoms with E-state index in [1.165, 1.54) is 37.7 Å².